The zero-order chi connectivity index (χ0) is 30.3. The van der Waals surface area contributed by atoms with Crippen LogP contribution in [0.1, 0.15) is 96.8 Å². The number of rotatable bonds is 20. The molecule has 0 unspecified atom stereocenters. The van der Waals surface area contributed by atoms with Gasteiger partial charge in [0.05, 0.1) is 22.9 Å². The summed E-state index contributed by atoms with van der Waals surface area (Å²) in [7, 11) is -3.84. The summed E-state index contributed by atoms with van der Waals surface area (Å²) in [6.45, 7) is 2.98. The Balaban J connectivity index is 1.22. The minimum absolute atomic E-state index is 0.121. The van der Waals surface area contributed by atoms with Gasteiger partial charge in [0.2, 0.25) is 0 Å². The summed E-state index contributed by atoms with van der Waals surface area (Å²) in [5, 5.41) is 0.795. The largest absolute Gasteiger partial charge is 0.494 e. The molecule has 3 aromatic carbocycles. The monoisotopic (exact) mass is 603 g/mol. The fourth-order valence-electron chi connectivity index (χ4n) is 5.54. The average Bonchev–Trinajstić information content (AvgIpc) is 3.37. The maximum Gasteiger partial charge on any atom is 0.262 e. The van der Waals surface area contributed by atoms with Crippen LogP contribution >= 0.6 is 0 Å². The summed E-state index contributed by atoms with van der Waals surface area (Å²) in [5.74, 6) is 0.816. The molecule has 0 aliphatic carbocycles. The van der Waals surface area contributed by atoms with Crippen molar-refractivity contribution >= 4 is 32.3 Å². The first-order valence-electron chi connectivity index (χ1n) is 16.2. The standard InChI is InChI=1S/C36H49N3O3S/c1-2-3-4-5-6-7-8-9-10-11-12-13-14-17-27-42-31-25-23-29(24-26-31)35-36(33-21-15-16-22-34(33)38-35)39-43(40,41)32-20-18-19-30(37)28-32/h15-16,18-26,28,38-39H,2-14,17,27,37H2,1H3. The maximum atomic E-state index is 13.3. The number of nitrogen functional groups attached to an aromatic ring is 1. The molecule has 4 N–H and O–H groups in total. The van der Waals surface area contributed by atoms with Crippen LogP contribution in [0.3, 0.4) is 0 Å². The van der Waals surface area contributed by atoms with E-state index in [2.05, 4.69) is 16.6 Å². The first-order valence-corrected chi connectivity index (χ1v) is 17.7. The second kappa shape index (κ2) is 17.0. The van der Waals surface area contributed by atoms with Crippen molar-refractivity contribution in [1.29, 1.82) is 0 Å². The summed E-state index contributed by atoms with van der Waals surface area (Å²) in [4.78, 5) is 3.51. The van der Waals surface area contributed by atoms with Crippen molar-refractivity contribution in [2.24, 2.45) is 0 Å². The lowest BCUT2D eigenvalue weighted by atomic mass is 10.0. The van der Waals surface area contributed by atoms with Gasteiger partial charge in [-0.2, -0.15) is 0 Å². The number of H-pyrrole nitrogens is 1. The molecule has 1 heterocycles. The Morgan fingerprint density at radius 1 is 0.721 bits per heavy atom. The zero-order valence-electron chi connectivity index (χ0n) is 25.7. The van der Waals surface area contributed by atoms with Crippen LogP contribution in [-0.4, -0.2) is 20.0 Å². The smallest absolute Gasteiger partial charge is 0.262 e. The van der Waals surface area contributed by atoms with E-state index in [-0.39, 0.29) is 4.90 Å². The van der Waals surface area contributed by atoms with Crippen molar-refractivity contribution in [3.05, 3.63) is 72.8 Å². The normalized spacial score (nSPS) is 11.7. The van der Waals surface area contributed by atoms with Gasteiger partial charge in [-0.1, -0.05) is 115 Å². The van der Waals surface area contributed by atoms with E-state index in [1.165, 1.54) is 95.6 Å². The number of ether oxygens (including phenoxy) is 1. The molecule has 0 spiro atoms. The van der Waals surface area contributed by atoms with E-state index in [0.29, 0.717) is 23.7 Å². The number of fused-ring (bicyclic) bond motifs is 1. The highest BCUT2D eigenvalue weighted by atomic mass is 32.2. The number of sulfonamides is 1. The van der Waals surface area contributed by atoms with Crippen LogP contribution in [-0.2, 0) is 10.0 Å². The molecule has 0 aliphatic heterocycles. The second-order valence-electron chi connectivity index (χ2n) is 11.6. The topological polar surface area (TPSA) is 97.2 Å². The Kier molecular flexibility index (Phi) is 12.8. The van der Waals surface area contributed by atoms with Crippen LogP contribution in [0, 0.1) is 0 Å². The molecule has 6 nitrogen and oxygen atoms in total. The lowest BCUT2D eigenvalue weighted by Crippen LogP contribution is -2.13. The van der Waals surface area contributed by atoms with E-state index in [9.17, 15) is 8.42 Å². The van der Waals surface area contributed by atoms with E-state index in [0.717, 1.165) is 28.6 Å². The number of unbranched alkanes of at least 4 members (excludes halogenated alkanes) is 13. The molecule has 0 bridgehead atoms. The fraction of sp³-hybridized carbons (Fsp3) is 0.444. The number of nitrogens with two attached hydrogens (primary N) is 1. The van der Waals surface area contributed by atoms with Gasteiger partial charge in [0.1, 0.15) is 5.75 Å². The highest BCUT2D eigenvalue weighted by Crippen LogP contribution is 2.37. The number of benzene rings is 3. The summed E-state index contributed by atoms with van der Waals surface area (Å²) < 4.78 is 35.3. The van der Waals surface area contributed by atoms with Crippen molar-refractivity contribution in [2.75, 3.05) is 17.1 Å². The molecular formula is C36H49N3O3S. The average molecular weight is 604 g/mol. The van der Waals surface area contributed by atoms with Gasteiger partial charge in [-0.3, -0.25) is 4.72 Å². The number of aromatic amines is 1. The van der Waals surface area contributed by atoms with Crippen LogP contribution in [0.4, 0.5) is 11.4 Å². The van der Waals surface area contributed by atoms with Crippen molar-refractivity contribution in [1.82, 2.24) is 4.98 Å². The maximum absolute atomic E-state index is 13.3. The van der Waals surface area contributed by atoms with Crippen LogP contribution in [0.15, 0.2) is 77.7 Å². The summed E-state index contributed by atoms with van der Waals surface area (Å²) >= 11 is 0. The third kappa shape index (κ3) is 10.1. The Hall–Kier alpha value is -3.45. The second-order valence-corrected chi connectivity index (χ2v) is 13.3. The summed E-state index contributed by atoms with van der Waals surface area (Å²) in [6.07, 6.45) is 18.7. The van der Waals surface area contributed by atoms with E-state index in [4.69, 9.17) is 10.5 Å². The Labute approximate surface area is 258 Å². The molecule has 7 heteroatoms. The number of para-hydroxylation sites is 1. The summed E-state index contributed by atoms with van der Waals surface area (Å²) in [6, 6.07) is 21.8. The predicted molar refractivity (Wildman–Crippen MR) is 181 cm³/mol. The quantitative estimate of drug-likeness (QED) is 0.0691. The summed E-state index contributed by atoms with van der Waals surface area (Å²) in [5.41, 5.74) is 9.17. The third-order valence-corrected chi connectivity index (χ3v) is 9.37. The molecule has 0 saturated carbocycles. The molecule has 232 valence electrons. The molecule has 0 fully saturated rings. The first kappa shape index (κ1) is 32.5. The zero-order valence-corrected chi connectivity index (χ0v) is 26.6. The lowest BCUT2D eigenvalue weighted by Gasteiger charge is -2.11. The van der Waals surface area contributed by atoms with E-state index in [1.54, 1.807) is 12.1 Å². The lowest BCUT2D eigenvalue weighted by molar-refractivity contribution is 0.304. The van der Waals surface area contributed by atoms with Gasteiger partial charge in [-0.15, -0.1) is 0 Å². The molecule has 43 heavy (non-hydrogen) atoms. The molecule has 4 aromatic rings. The van der Waals surface area contributed by atoms with Gasteiger partial charge >= 0.3 is 0 Å². The van der Waals surface area contributed by atoms with Gasteiger partial charge in [0.25, 0.3) is 10.0 Å². The van der Waals surface area contributed by atoms with Crippen molar-refractivity contribution in [2.45, 2.75) is 102 Å². The molecule has 0 radical (unpaired) electrons. The highest BCUT2D eigenvalue weighted by Gasteiger charge is 2.21. The van der Waals surface area contributed by atoms with Crippen LogP contribution in [0.5, 0.6) is 5.75 Å². The predicted octanol–water partition coefficient (Wildman–Crippen LogP) is 10.1. The third-order valence-electron chi connectivity index (χ3n) is 8.02. The van der Waals surface area contributed by atoms with Gasteiger partial charge in [0, 0.05) is 22.2 Å². The van der Waals surface area contributed by atoms with Gasteiger partial charge < -0.3 is 15.5 Å². The van der Waals surface area contributed by atoms with Crippen molar-refractivity contribution < 1.29 is 13.2 Å². The van der Waals surface area contributed by atoms with Gasteiger partial charge in [0.15, 0.2) is 0 Å². The van der Waals surface area contributed by atoms with Crippen molar-refractivity contribution in [3.63, 3.8) is 0 Å². The molecule has 0 amide bonds. The molecule has 4 rings (SSSR count). The number of anilines is 2. The van der Waals surface area contributed by atoms with E-state index in [1.807, 2.05) is 48.5 Å². The van der Waals surface area contributed by atoms with Crippen molar-refractivity contribution in [3.8, 4) is 17.0 Å². The molecule has 0 aliphatic rings. The first-order chi connectivity index (χ1) is 21.0. The number of hydrogen-bond acceptors (Lipinski definition) is 4. The Morgan fingerprint density at radius 2 is 1.33 bits per heavy atom. The van der Waals surface area contributed by atoms with Crippen LogP contribution in [0.25, 0.3) is 22.2 Å². The molecular weight excluding hydrogens is 554 g/mol. The van der Waals surface area contributed by atoms with E-state index < -0.39 is 10.0 Å². The van der Waals surface area contributed by atoms with Gasteiger partial charge in [-0.25, -0.2) is 8.42 Å². The fourth-order valence-corrected chi connectivity index (χ4v) is 6.69. The Morgan fingerprint density at radius 3 is 1.95 bits per heavy atom. The SMILES string of the molecule is CCCCCCCCCCCCCCCCOc1ccc(-c2[nH]c3ccccc3c2NS(=O)(=O)c2cccc(N)c2)cc1. The minimum atomic E-state index is -3.84. The van der Waals surface area contributed by atoms with E-state index >= 15 is 0 Å². The Bertz CT molecular complexity index is 1500. The molecule has 0 saturated heterocycles. The molecule has 1 aromatic heterocycles. The number of aromatic nitrogens is 1. The number of hydrogen-bond donors (Lipinski definition) is 3. The highest BCUT2D eigenvalue weighted by molar-refractivity contribution is 7.92. The van der Waals surface area contributed by atoms with Crippen LogP contribution < -0.4 is 15.2 Å². The van der Waals surface area contributed by atoms with Gasteiger partial charge in [-0.05, 0) is 55.0 Å². The minimum Gasteiger partial charge on any atom is -0.494 e. The molecule has 0 atom stereocenters. The number of nitrogens with one attached hydrogen (secondary N) is 2. The van der Waals surface area contributed by atoms with Crippen LogP contribution in [0.2, 0.25) is 0 Å².